The molecule has 1 saturated heterocycles. The van der Waals surface area contributed by atoms with Crippen molar-refractivity contribution in [1.82, 2.24) is 10.2 Å². The molecule has 4 nitrogen and oxygen atoms in total. The van der Waals surface area contributed by atoms with Crippen molar-refractivity contribution in [3.63, 3.8) is 0 Å². The van der Waals surface area contributed by atoms with Gasteiger partial charge in [0.1, 0.15) is 11.6 Å². The molecule has 30 heavy (non-hydrogen) atoms. The van der Waals surface area contributed by atoms with Gasteiger partial charge < -0.3 is 15.0 Å². The van der Waals surface area contributed by atoms with Crippen molar-refractivity contribution in [3.8, 4) is 5.75 Å². The van der Waals surface area contributed by atoms with Crippen LogP contribution in [0, 0.1) is 11.7 Å². The molecule has 1 N–H and O–H groups in total. The number of nitrogens with one attached hydrogen (secondary N) is 1. The van der Waals surface area contributed by atoms with Crippen LogP contribution >= 0.6 is 0 Å². The molecular formula is C25H31FN2O2. The van der Waals surface area contributed by atoms with E-state index in [1.807, 2.05) is 17.0 Å². The molecule has 4 rings (SSSR count). The smallest absolute Gasteiger partial charge is 0.257 e. The van der Waals surface area contributed by atoms with Crippen LogP contribution in [-0.4, -0.2) is 43.6 Å². The van der Waals surface area contributed by atoms with Crippen molar-refractivity contribution in [1.29, 1.82) is 0 Å². The molecule has 160 valence electrons. The second-order valence-corrected chi connectivity index (χ2v) is 8.53. The number of hydrogen-bond donors (Lipinski definition) is 1. The molecule has 1 saturated carbocycles. The van der Waals surface area contributed by atoms with E-state index in [4.69, 9.17) is 4.74 Å². The van der Waals surface area contributed by atoms with Gasteiger partial charge in [-0.05, 0) is 48.6 Å². The van der Waals surface area contributed by atoms with Crippen LogP contribution in [0.4, 0.5) is 4.39 Å². The number of hydrogen-bond acceptors (Lipinski definition) is 3. The lowest BCUT2D eigenvalue weighted by Gasteiger charge is -2.37. The molecule has 0 radical (unpaired) electrons. The summed E-state index contributed by atoms with van der Waals surface area (Å²) in [6.45, 7) is 2.38. The van der Waals surface area contributed by atoms with Crippen LogP contribution in [0.3, 0.4) is 0 Å². The summed E-state index contributed by atoms with van der Waals surface area (Å²) in [5.41, 5.74) is 1.42. The van der Waals surface area contributed by atoms with Crippen molar-refractivity contribution < 1.29 is 13.9 Å². The van der Waals surface area contributed by atoms with E-state index in [2.05, 4.69) is 17.4 Å². The Balaban J connectivity index is 1.59. The van der Waals surface area contributed by atoms with Crippen molar-refractivity contribution >= 4 is 5.91 Å². The number of methoxy groups -OCH3 is 1. The Bertz CT molecular complexity index is 866. The van der Waals surface area contributed by atoms with Gasteiger partial charge in [0.15, 0.2) is 0 Å². The zero-order valence-electron chi connectivity index (χ0n) is 17.6. The fourth-order valence-electron chi connectivity index (χ4n) is 5.02. The fourth-order valence-corrected chi connectivity index (χ4v) is 5.02. The van der Waals surface area contributed by atoms with Gasteiger partial charge in [-0.2, -0.15) is 0 Å². The molecule has 2 aromatic rings. The Morgan fingerprint density at radius 2 is 1.90 bits per heavy atom. The summed E-state index contributed by atoms with van der Waals surface area (Å²) < 4.78 is 19.8. The molecule has 2 aromatic carbocycles. The lowest BCUT2D eigenvalue weighted by molar-refractivity contribution is 0.0587. The molecule has 2 unspecified atom stereocenters. The molecular weight excluding hydrogens is 379 g/mol. The highest BCUT2D eigenvalue weighted by Crippen LogP contribution is 2.33. The summed E-state index contributed by atoms with van der Waals surface area (Å²) in [6.07, 6.45) is 5.49. The van der Waals surface area contributed by atoms with Gasteiger partial charge in [-0.3, -0.25) is 4.79 Å². The van der Waals surface area contributed by atoms with Crippen LogP contribution in [0.25, 0.3) is 0 Å². The first kappa shape index (κ1) is 20.9. The van der Waals surface area contributed by atoms with E-state index >= 15 is 0 Å². The second-order valence-electron chi connectivity index (χ2n) is 8.53. The zero-order valence-corrected chi connectivity index (χ0v) is 17.6. The predicted octanol–water partition coefficient (Wildman–Crippen LogP) is 4.61. The Morgan fingerprint density at radius 3 is 2.67 bits per heavy atom. The zero-order chi connectivity index (χ0) is 20.9. The topological polar surface area (TPSA) is 41.6 Å². The Labute approximate surface area is 178 Å². The maximum absolute atomic E-state index is 14.4. The Morgan fingerprint density at radius 1 is 1.10 bits per heavy atom. The summed E-state index contributed by atoms with van der Waals surface area (Å²) in [7, 11) is 1.68. The van der Waals surface area contributed by atoms with Gasteiger partial charge in [0.25, 0.3) is 5.91 Å². The second kappa shape index (κ2) is 9.61. The lowest BCUT2D eigenvalue weighted by atomic mass is 9.86. The molecule has 2 atom stereocenters. The van der Waals surface area contributed by atoms with E-state index in [0.717, 1.165) is 44.5 Å². The van der Waals surface area contributed by atoms with Crippen LogP contribution in [0.1, 0.15) is 53.9 Å². The number of nitrogens with zero attached hydrogens (tertiary/aromatic N) is 1. The SMILES string of the molecule is COc1cccc(C2CNCC2CN(C(=O)c2ccccc2F)C2CCCCC2)c1. The molecule has 0 spiro atoms. The molecule has 1 aliphatic heterocycles. The molecule has 2 fully saturated rings. The van der Waals surface area contributed by atoms with Crippen LogP contribution < -0.4 is 10.1 Å². The number of carbonyl (C=O) groups is 1. The third kappa shape index (κ3) is 4.51. The van der Waals surface area contributed by atoms with Gasteiger partial charge in [0.2, 0.25) is 0 Å². The summed E-state index contributed by atoms with van der Waals surface area (Å²) in [6, 6.07) is 14.8. The molecule has 5 heteroatoms. The number of carbonyl (C=O) groups excluding carboxylic acids is 1. The minimum atomic E-state index is -0.433. The molecule has 1 heterocycles. The van der Waals surface area contributed by atoms with E-state index in [9.17, 15) is 9.18 Å². The third-order valence-corrected chi connectivity index (χ3v) is 6.67. The summed E-state index contributed by atoms with van der Waals surface area (Å²) in [4.78, 5) is 15.4. The van der Waals surface area contributed by atoms with E-state index in [1.54, 1.807) is 25.3 Å². The quantitative estimate of drug-likeness (QED) is 0.756. The van der Waals surface area contributed by atoms with Gasteiger partial charge in [0, 0.05) is 31.6 Å². The number of amides is 1. The monoisotopic (exact) mass is 410 g/mol. The highest BCUT2D eigenvalue weighted by Gasteiger charge is 2.35. The van der Waals surface area contributed by atoms with Gasteiger partial charge >= 0.3 is 0 Å². The van der Waals surface area contributed by atoms with Gasteiger partial charge in [-0.1, -0.05) is 43.5 Å². The average molecular weight is 411 g/mol. The number of benzene rings is 2. The first-order valence-electron chi connectivity index (χ1n) is 11.1. The summed E-state index contributed by atoms with van der Waals surface area (Å²) in [5, 5.41) is 3.50. The molecule has 0 aromatic heterocycles. The number of ether oxygens (including phenoxy) is 1. The summed E-state index contributed by atoms with van der Waals surface area (Å²) >= 11 is 0. The van der Waals surface area contributed by atoms with Gasteiger partial charge in [0.05, 0.1) is 12.7 Å². The van der Waals surface area contributed by atoms with Crippen LogP contribution in [0.5, 0.6) is 5.75 Å². The van der Waals surface area contributed by atoms with E-state index in [1.165, 1.54) is 18.1 Å². The van der Waals surface area contributed by atoms with Crippen molar-refractivity contribution in [3.05, 3.63) is 65.5 Å². The first-order valence-corrected chi connectivity index (χ1v) is 11.1. The predicted molar refractivity (Wildman–Crippen MR) is 116 cm³/mol. The fraction of sp³-hybridized carbons (Fsp3) is 0.480. The lowest BCUT2D eigenvalue weighted by Crippen LogP contribution is -2.45. The Hall–Kier alpha value is -2.40. The van der Waals surface area contributed by atoms with E-state index in [-0.39, 0.29) is 23.4 Å². The maximum atomic E-state index is 14.4. The molecule has 1 aliphatic carbocycles. The van der Waals surface area contributed by atoms with Crippen molar-refractivity contribution in [2.24, 2.45) is 5.92 Å². The van der Waals surface area contributed by atoms with Crippen molar-refractivity contribution in [2.75, 3.05) is 26.7 Å². The number of halogens is 1. The summed E-state index contributed by atoms with van der Waals surface area (Å²) in [5.74, 6) is 0.840. The first-order chi connectivity index (χ1) is 14.7. The van der Waals surface area contributed by atoms with Crippen LogP contribution in [0.2, 0.25) is 0 Å². The van der Waals surface area contributed by atoms with Crippen LogP contribution in [0.15, 0.2) is 48.5 Å². The largest absolute Gasteiger partial charge is 0.497 e. The molecule has 1 amide bonds. The number of rotatable bonds is 6. The minimum absolute atomic E-state index is 0.170. The normalized spacial score (nSPS) is 22.1. The minimum Gasteiger partial charge on any atom is -0.497 e. The van der Waals surface area contributed by atoms with Crippen LogP contribution in [-0.2, 0) is 0 Å². The maximum Gasteiger partial charge on any atom is 0.257 e. The Kier molecular flexibility index (Phi) is 6.68. The highest BCUT2D eigenvalue weighted by molar-refractivity contribution is 5.94. The van der Waals surface area contributed by atoms with Gasteiger partial charge in [-0.25, -0.2) is 4.39 Å². The molecule has 0 bridgehead atoms. The highest BCUT2D eigenvalue weighted by atomic mass is 19.1. The van der Waals surface area contributed by atoms with E-state index < -0.39 is 5.82 Å². The standard InChI is InChI=1S/C25H31FN2O2/c1-30-21-11-7-8-18(14-21)23-16-27-15-19(23)17-28(20-9-3-2-4-10-20)25(29)22-12-5-6-13-24(22)26/h5-8,11-14,19-20,23,27H,2-4,9-10,15-17H2,1H3. The van der Waals surface area contributed by atoms with Crippen molar-refractivity contribution in [2.45, 2.75) is 44.1 Å². The van der Waals surface area contributed by atoms with Gasteiger partial charge in [-0.15, -0.1) is 0 Å². The van der Waals surface area contributed by atoms with E-state index in [0.29, 0.717) is 12.5 Å². The average Bonchev–Trinajstić information content (AvgIpc) is 3.26. The third-order valence-electron chi connectivity index (χ3n) is 6.67. The molecule has 2 aliphatic rings.